The monoisotopic (exact) mass is 543 g/mol. The van der Waals surface area contributed by atoms with Crippen LogP contribution in [0.1, 0.15) is 54.7 Å². The second-order valence-corrected chi connectivity index (χ2v) is 10.8. The number of hydrogen-bond donors (Lipinski definition) is 1. The number of nitrogens with one attached hydrogen (secondary N) is 1. The minimum atomic E-state index is -0.359. The first-order valence-electron chi connectivity index (χ1n) is 14.0. The van der Waals surface area contributed by atoms with Crippen molar-refractivity contribution in [2.75, 3.05) is 40.1 Å². The van der Waals surface area contributed by atoms with Crippen LogP contribution in [0.25, 0.3) is 10.9 Å². The Hall–Kier alpha value is -3.96. The highest BCUT2D eigenvalue weighted by atomic mass is 16.7. The number of benzene rings is 2. The van der Waals surface area contributed by atoms with Crippen molar-refractivity contribution in [2.24, 2.45) is 0 Å². The molecule has 2 aromatic carbocycles. The first kappa shape index (κ1) is 25.0. The molecule has 2 fully saturated rings. The number of ether oxygens (including phenoxy) is 3. The molecule has 0 unspecified atom stereocenters. The van der Waals surface area contributed by atoms with Gasteiger partial charge in [0.15, 0.2) is 17.3 Å². The highest BCUT2D eigenvalue weighted by Crippen LogP contribution is 2.35. The zero-order valence-corrected chi connectivity index (χ0v) is 22.6. The van der Waals surface area contributed by atoms with Crippen molar-refractivity contribution >= 4 is 10.9 Å². The van der Waals surface area contributed by atoms with Crippen LogP contribution in [0.5, 0.6) is 17.2 Å². The minimum absolute atomic E-state index is 0.119. The molecule has 1 N–H and O–H groups in total. The van der Waals surface area contributed by atoms with Gasteiger partial charge in [0.2, 0.25) is 6.79 Å². The van der Waals surface area contributed by atoms with Crippen LogP contribution in [0.3, 0.4) is 0 Å². The number of piperazine rings is 1. The third-order valence-corrected chi connectivity index (χ3v) is 8.42. The Bertz CT molecular complexity index is 1570. The molecule has 2 aromatic heterocycles. The molecule has 3 aliphatic rings. The van der Waals surface area contributed by atoms with Gasteiger partial charge in [0.1, 0.15) is 11.8 Å². The molecule has 208 valence electrons. The van der Waals surface area contributed by atoms with Crippen LogP contribution in [0.15, 0.2) is 47.3 Å². The van der Waals surface area contributed by atoms with E-state index in [-0.39, 0.29) is 24.4 Å². The Morgan fingerprint density at radius 2 is 1.85 bits per heavy atom. The molecule has 7 rings (SSSR count). The summed E-state index contributed by atoms with van der Waals surface area (Å²) in [4.78, 5) is 21.5. The van der Waals surface area contributed by atoms with E-state index in [4.69, 9.17) is 14.2 Å². The molecule has 1 saturated carbocycles. The van der Waals surface area contributed by atoms with Crippen LogP contribution in [-0.2, 0) is 6.54 Å². The number of nitrogens with zero attached hydrogens (tertiary/aromatic N) is 6. The number of hydrogen-bond acceptors (Lipinski definition) is 9. The number of methoxy groups -OCH3 is 1. The van der Waals surface area contributed by atoms with E-state index in [0.29, 0.717) is 5.56 Å². The predicted molar refractivity (Wildman–Crippen MR) is 148 cm³/mol. The standard InChI is InChI=1S/C29H33N7O4/c1-38-22-7-8-24-20(15-22)16-23(29(37)30-24)27(28-31-32-33-36(28)21-4-2-3-5-21)35-12-10-34(11-13-35)17-19-6-9-25-26(14-19)40-18-39-25/h6-9,14-16,21,27H,2-5,10-13,17-18H2,1H3,(H,30,37)/t27-/m1/s1. The Balaban J connectivity index is 1.19. The first-order valence-corrected chi connectivity index (χ1v) is 14.0. The molecular weight excluding hydrogens is 510 g/mol. The molecule has 2 aliphatic heterocycles. The van der Waals surface area contributed by atoms with Crippen molar-refractivity contribution < 1.29 is 14.2 Å². The van der Waals surface area contributed by atoms with Crippen molar-refractivity contribution in [3.63, 3.8) is 0 Å². The summed E-state index contributed by atoms with van der Waals surface area (Å²) in [6.07, 6.45) is 4.45. The fraction of sp³-hybridized carbons (Fsp3) is 0.448. The summed E-state index contributed by atoms with van der Waals surface area (Å²) in [5.74, 6) is 3.09. The zero-order chi connectivity index (χ0) is 27.1. The normalized spacial score (nSPS) is 18.9. The average molecular weight is 544 g/mol. The van der Waals surface area contributed by atoms with Crippen LogP contribution in [-0.4, -0.2) is 75.1 Å². The van der Waals surface area contributed by atoms with E-state index in [1.54, 1.807) is 7.11 Å². The summed E-state index contributed by atoms with van der Waals surface area (Å²) in [5.41, 5.74) is 2.50. The number of rotatable bonds is 7. The maximum Gasteiger partial charge on any atom is 0.253 e. The minimum Gasteiger partial charge on any atom is -0.497 e. The van der Waals surface area contributed by atoms with Crippen molar-refractivity contribution in [3.8, 4) is 17.2 Å². The number of aromatic nitrogens is 5. The van der Waals surface area contributed by atoms with Crippen LogP contribution >= 0.6 is 0 Å². The molecular formula is C29H33N7O4. The molecule has 11 nitrogen and oxygen atoms in total. The van der Waals surface area contributed by atoms with Gasteiger partial charge in [-0.15, -0.1) is 5.10 Å². The van der Waals surface area contributed by atoms with Gasteiger partial charge in [0, 0.05) is 49.2 Å². The first-order chi connectivity index (χ1) is 19.7. The number of aromatic amines is 1. The highest BCUT2D eigenvalue weighted by Gasteiger charge is 2.34. The van der Waals surface area contributed by atoms with Crippen molar-refractivity contribution in [1.29, 1.82) is 0 Å². The molecule has 40 heavy (non-hydrogen) atoms. The predicted octanol–water partition coefficient (Wildman–Crippen LogP) is 3.27. The summed E-state index contributed by atoms with van der Waals surface area (Å²) < 4.78 is 18.5. The van der Waals surface area contributed by atoms with Crippen LogP contribution in [0, 0.1) is 0 Å². The van der Waals surface area contributed by atoms with Crippen molar-refractivity contribution in [1.82, 2.24) is 35.0 Å². The third kappa shape index (κ3) is 4.69. The lowest BCUT2D eigenvalue weighted by Crippen LogP contribution is -2.48. The van der Waals surface area contributed by atoms with E-state index in [1.165, 1.54) is 18.4 Å². The van der Waals surface area contributed by atoms with E-state index >= 15 is 0 Å². The SMILES string of the molecule is COc1ccc2[nH]c(=O)c([C@H](c3nnnn3C3CCCC3)N3CCN(Cc4ccc5c(c4)OCO5)CC3)cc2c1. The summed E-state index contributed by atoms with van der Waals surface area (Å²) in [6, 6.07) is 13.7. The Morgan fingerprint density at radius 1 is 1.02 bits per heavy atom. The molecule has 0 bridgehead atoms. The quantitative estimate of drug-likeness (QED) is 0.375. The topological polar surface area (TPSA) is 111 Å². The number of fused-ring (bicyclic) bond motifs is 2. The lowest BCUT2D eigenvalue weighted by atomic mass is 10.0. The summed E-state index contributed by atoms with van der Waals surface area (Å²) in [6.45, 7) is 4.38. The third-order valence-electron chi connectivity index (χ3n) is 8.42. The molecule has 1 saturated heterocycles. The van der Waals surface area contributed by atoms with Crippen LogP contribution < -0.4 is 19.8 Å². The van der Waals surface area contributed by atoms with E-state index in [2.05, 4.69) is 42.4 Å². The molecule has 11 heteroatoms. The van der Waals surface area contributed by atoms with E-state index in [9.17, 15) is 4.79 Å². The molecule has 0 radical (unpaired) electrons. The van der Waals surface area contributed by atoms with Crippen LogP contribution in [0.4, 0.5) is 0 Å². The summed E-state index contributed by atoms with van der Waals surface area (Å²) in [7, 11) is 1.65. The molecule has 1 aliphatic carbocycles. The summed E-state index contributed by atoms with van der Waals surface area (Å²) >= 11 is 0. The Kier molecular flexibility index (Phi) is 6.60. The molecule has 4 aromatic rings. The van der Waals surface area contributed by atoms with Gasteiger partial charge in [-0.1, -0.05) is 18.9 Å². The second kappa shape index (κ2) is 10.5. The van der Waals surface area contributed by atoms with Gasteiger partial charge in [-0.3, -0.25) is 14.6 Å². The van der Waals surface area contributed by atoms with Gasteiger partial charge >= 0.3 is 0 Å². The van der Waals surface area contributed by atoms with Gasteiger partial charge in [0.05, 0.1) is 13.2 Å². The lowest BCUT2D eigenvalue weighted by Gasteiger charge is -2.39. The smallest absolute Gasteiger partial charge is 0.253 e. The van der Waals surface area contributed by atoms with Gasteiger partial charge in [-0.25, -0.2) is 4.68 Å². The van der Waals surface area contributed by atoms with E-state index < -0.39 is 0 Å². The van der Waals surface area contributed by atoms with Crippen molar-refractivity contribution in [2.45, 2.75) is 44.3 Å². The zero-order valence-electron chi connectivity index (χ0n) is 22.6. The highest BCUT2D eigenvalue weighted by molar-refractivity contribution is 5.80. The molecule has 0 amide bonds. The Labute approximate surface area is 231 Å². The van der Waals surface area contributed by atoms with Crippen LogP contribution in [0.2, 0.25) is 0 Å². The maximum atomic E-state index is 13.6. The number of pyridine rings is 1. The fourth-order valence-corrected chi connectivity index (χ4v) is 6.30. The average Bonchev–Trinajstić information content (AvgIpc) is 3.76. The van der Waals surface area contributed by atoms with E-state index in [1.807, 2.05) is 35.0 Å². The van der Waals surface area contributed by atoms with Gasteiger partial charge in [-0.05, 0) is 65.2 Å². The van der Waals surface area contributed by atoms with E-state index in [0.717, 1.165) is 79.5 Å². The number of tetrazole rings is 1. The molecule has 0 spiro atoms. The largest absolute Gasteiger partial charge is 0.497 e. The molecule has 4 heterocycles. The lowest BCUT2D eigenvalue weighted by molar-refractivity contribution is 0.0988. The summed E-state index contributed by atoms with van der Waals surface area (Å²) in [5, 5.41) is 14.0. The number of H-pyrrole nitrogens is 1. The Morgan fingerprint density at radius 3 is 2.67 bits per heavy atom. The molecule has 1 atom stereocenters. The fourth-order valence-electron chi connectivity index (χ4n) is 6.30. The second-order valence-electron chi connectivity index (χ2n) is 10.8. The van der Waals surface area contributed by atoms with Gasteiger partial charge in [-0.2, -0.15) is 0 Å². The maximum absolute atomic E-state index is 13.6. The van der Waals surface area contributed by atoms with Crippen molar-refractivity contribution in [3.05, 3.63) is 69.8 Å². The van der Waals surface area contributed by atoms with Gasteiger partial charge in [0.25, 0.3) is 5.56 Å². The van der Waals surface area contributed by atoms with Gasteiger partial charge < -0.3 is 19.2 Å².